The maximum atomic E-state index is 13.4. The zero-order valence-electron chi connectivity index (χ0n) is 20.5. The second-order valence-electron chi connectivity index (χ2n) is 8.61. The summed E-state index contributed by atoms with van der Waals surface area (Å²) in [5.74, 6) is 0.471. The van der Waals surface area contributed by atoms with Crippen LogP contribution in [0, 0.1) is 6.92 Å². The molecule has 2 aromatic heterocycles. The molecule has 0 saturated carbocycles. The molecule has 0 aliphatic rings. The van der Waals surface area contributed by atoms with Gasteiger partial charge in [0.2, 0.25) is 11.7 Å². The Morgan fingerprint density at radius 1 is 0.917 bits per heavy atom. The van der Waals surface area contributed by atoms with Gasteiger partial charge in [-0.05, 0) is 55.2 Å². The van der Waals surface area contributed by atoms with Crippen LogP contribution in [0.3, 0.4) is 0 Å². The van der Waals surface area contributed by atoms with Crippen molar-refractivity contribution in [2.75, 3.05) is 11.1 Å². The van der Waals surface area contributed by atoms with Crippen molar-refractivity contribution in [3.05, 3.63) is 93.8 Å². The summed E-state index contributed by atoms with van der Waals surface area (Å²) >= 11 is 1.30. The van der Waals surface area contributed by atoms with Crippen molar-refractivity contribution in [1.82, 2.24) is 19.2 Å². The van der Waals surface area contributed by atoms with Gasteiger partial charge in [-0.3, -0.25) is 14.0 Å². The summed E-state index contributed by atoms with van der Waals surface area (Å²) in [6.45, 7) is 6.17. The average Bonchev–Trinajstić information content (AvgIpc) is 3.32. The van der Waals surface area contributed by atoms with E-state index in [1.807, 2.05) is 72.0 Å². The van der Waals surface area contributed by atoms with Crippen LogP contribution in [0.25, 0.3) is 22.4 Å². The molecule has 0 aliphatic heterocycles. The highest BCUT2D eigenvalue weighted by Gasteiger charge is 2.19. The molecular weight excluding hydrogens is 470 g/mol. The van der Waals surface area contributed by atoms with E-state index in [2.05, 4.69) is 29.4 Å². The van der Waals surface area contributed by atoms with Crippen molar-refractivity contribution in [1.29, 1.82) is 0 Å². The third-order valence-corrected chi connectivity index (χ3v) is 7.21. The van der Waals surface area contributed by atoms with Crippen LogP contribution in [0.5, 0.6) is 0 Å². The van der Waals surface area contributed by atoms with E-state index < -0.39 is 0 Å². The third kappa shape index (κ3) is 4.28. The predicted molar refractivity (Wildman–Crippen MR) is 145 cm³/mol. The Morgan fingerprint density at radius 2 is 1.61 bits per heavy atom. The lowest BCUT2D eigenvalue weighted by molar-refractivity contribution is -0.113. The SMILES string of the molecule is CCc1cccc(CC)c1NC(=O)CSc1nnc2n(-c3ccc(C)cc3)c(=O)c3ccccc3n12. The number of aryl methyl sites for hydroxylation is 3. The topological polar surface area (TPSA) is 81.3 Å². The van der Waals surface area contributed by atoms with Crippen LogP contribution in [-0.2, 0) is 17.6 Å². The second kappa shape index (κ2) is 9.99. The maximum absolute atomic E-state index is 13.4. The largest absolute Gasteiger partial charge is 0.325 e. The van der Waals surface area contributed by atoms with Gasteiger partial charge in [-0.15, -0.1) is 10.2 Å². The van der Waals surface area contributed by atoms with Crippen molar-refractivity contribution in [3.63, 3.8) is 0 Å². The zero-order chi connectivity index (χ0) is 25.2. The zero-order valence-corrected chi connectivity index (χ0v) is 21.3. The van der Waals surface area contributed by atoms with Crippen molar-refractivity contribution >= 4 is 40.0 Å². The number of hydrogen-bond donors (Lipinski definition) is 1. The van der Waals surface area contributed by atoms with Crippen LogP contribution >= 0.6 is 11.8 Å². The molecule has 5 aromatic rings. The predicted octanol–water partition coefficient (Wildman–Crippen LogP) is 5.20. The number of carbonyl (C=O) groups excluding carboxylic acids is 1. The normalized spacial score (nSPS) is 11.3. The third-order valence-electron chi connectivity index (χ3n) is 6.28. The molecule has 1 amide bonds. The maximum Gasteiger partial charge on any atom is 0.267 e. The molecule has 0 spiro atoms. The molecule has 5 rings (SSSR count). The van der Waals surface area contributed by atoms with E-state index in [1.54, 1.807) is 10.6 Å². The molecule has 0 saturated heterocycles. The number of para-hydroxylation sites is 2. The van der Waals surface area contributed by atoms with E-state index >= 15 is 0 Å². The van der Waals surface area contributed by atoms with E-state index in [4.69, 9.17) is 0 Å². The molecule has 0 radical (unpaired) electrons. The summed E-state index contributed by atoms with van der Waals surface area (Å²) in [5, 5.41) is 13.0. The minimum Gasteiger partial charge on any atom is -0.325 e. The van der Waals surface area contributed by atoms with E-state index in [9.17, 15) is 9.59 Å². The van der Waals surface area contributed by atoms with Gasteiger partial charge in [0.25, 0.3) is 5.56 Å². The van der Waals surface area contributed by atoms with Crippen molar-refractivity contribution in [2.45, 2.75) is 38.8 Å². The lowest BCUT2D eigenvalue weighted by Crippen LogP contribution is -2.22. The van der Waals surface area contributed by atoms with Gasteiger partial charge in [0.15, 0.2) is 5.16 Å². The lowest BCUT2D eigenvalue weighted by atomic mass is 10.0. The van der Waals surface area contributed by atoms with Crippen molar-refractivity contribution in [2.24, 2.45) is 0 Å². The molecular formula is C28H27N5O2S. The lowest BCUT2D eigenvalue weighted by Gasteiger charge is -2.14. The first-order chi connectivity index (χ1) is 17.5. The first kappa shape index (κ1) is 23.8. The smallest absolute Gasteiger partial charge is 0.267 e. The van der Waals surface area contributed by atoms with Crippen LogP contribution in [0.15, 0.2) is 76.7 Å². The number of aromatic nitrogens is 4. The Hall–Kier alpha value is -3.91. The quantitative estimate of drug-likeness (QED) is 0.313. The summed E-state index contributed by atoms with van der Waals surface area (Å²) in [6.07, 6.45) is 1.68. The van der Waals surface area contributed by atoms with Gasteiger partial charge in [-0.25, -0.2) is 4.57 Å². The Kier molecular flexibility index (Phi) is 6.61. The number of rotatable bonds is 7. The van der Waals surface area contributed by atoms with Gasteiger partial charge in [-0.2, -0.15) is 0 Å². The molecule has 2 heterocycles. The number of hydrogen-bond acceptors (Lipinski definition) is 5. The number of amides is 1. The summed E-state index contributed by atoms with van der Waals surface area (Å²) in [4.78, 5) is 26.4. The number of benzene rings is 3. The minimum absolute atomic E-state index is 0.108. The number of nitrogens with zero attached hydrogens (tertiary/aromatic N) is 4. The van der Waals surface area contributed by atoms with Crippen LogP contribution < -0.4 is 10.9 Å². The fourth-order valence-electron chi connectivity index (χ4n) is 4.41. The Balaban J connectivity index is 1.52. The van der Waals surface area contributed by atoms with Crippen LogP contribution in [0.1, 0.15) is 30.5 Å². The molecule has 1 N–H and O–H groups in total. The number of fused-ring (bicyclic) bond motifs is 3. The number of anilines is 1. The Labute approximate surface area is 213 Å². The summed E-state index contributed by atoms with van der Waals surface area (Å²) in [6, 6.07) is 21.2. The summed E-state index contributed by atoms with van der Waals surface area (Å²) in [5.41, 5.74) is 5.50. The average molecular weight is 498 g/mol. The molecule has 8 heteroatoms. The first-order valence-corrected chi connectivity index (χ1v) is 13.0. The van der Waals surface area contributed by atoms with Crippen LogP contribution in [0.4, 0.5) is 5.69 Å². The molecule has 0 bridgehead atoms. The van der Waals surface area contributed by atoms with E-state index in [1.165, 1.54) is 11.8 Å². The van der Waals surface area contributed by atoms with Gasteiger partial charge in [-0.1, -0.05) is 73.6 Å². The molecule has 0 aliphatic carbocycles. The molecule has 36 heavy (non-hydrogen) atoms. The van der Waals surface area contributed by atoms with Gasteiger partial charge < -0.3 is 5.32 Å². The van der Waals surface area contributed by atoms with Crippen LogP contribution in [0.2, 0.25) is 0 Å². The first-order valence-electron chi connectivity index (χ1n) is 12.0. The van der Waals surface area contributed by atoms with Crippen molar-refractivity contribution < 1.29 is 4.79 Å². The minimum atomic E-state index is -0.160. The molecule has 182 valence electrons. The van der Waals surface area contributed by atoms with E-state index in [-0.39, 0.29) is 17.2 Å². The second-order valence-corrected chi connectivity index (χ2v) is 9.55. The number of nitrogens with one attached hydrogen (secondary N) is 1. The van der Waals surface area contributed by atoms with Gasteiger partial charge in [0, 0.05) is 5.69 Å². The molecule has 3 aromatic carbocycles. The highest BCUT2D eigenvalue weighted by Crippen LogP contribution is 2.25. The molecule has 7 nitrogen and oxygen atoms in total. The van der Waals surface area contributed by atoms with E-state index in [0.29, 0.717) is 27.5 Å². The number of thioether (sulfide) groups is 1. The van der Waals surface area contributed by atoms with Gasteiger partial charge in [0.05, 0.1) is 22.3 Å². The number of carbonyl (C=O) groups is 1. The fraction of sp³-hybridized carbons (Fsp3) is 0.214. The summed E-state index contributed by atoms with van der Waals surface area (Å²) < 4.78 is 3.43. The van der Waals surface area contributed by atoms with Crippen molar-refractivity contribution in [3.8, 4) is 5.69 Å². The highest BCUT2D eigenvalue weighted by atomic mass is 32.2. The van der Waals surface area contributed by atoms with Gasteiger partial charge in [0.1, 0.15) is 0 Å². The molecule has 0 atom stereocenters. The van der Waals surface area contributed by atoms with Crippen LogP contribution in [-0.4, -0.2) is 30.8 Å². The Morgan fingerprint density at radius 3 is 2.31 bits per heavy atom. The molecule has 0 fully saturated rings. The van der Waals surface area contributed by atoms with Gasteiger partial charge >= 0.3 is 0 Å². The molecule has 0 unspecified atom stereocenters. The monoisotopic (exact) mass is 497 g/mol. The Bertz CT molecular complexity index is 1610. The fourth-order valence-corrected chi connectivity index (χ4v) is 5.15. The highest BCUT2D eigenvalue weighted by molar-refractivity contribution is 7.99. The standard InChI is InChI=1S/C28H27N5O2S/c1-4-19-9-8-10-20(5-2)25(19)29-24(34)17-36-28-31-30-27-32(21-15-13-18(3)14-16-21)26(35)22-11-6-7-12-23(22)33(27)28/h6-16H,4-5,17H2,1-3H3,(H,29,34). The summed E-state index contributed by atoms with van der Waals surface area (Å²) in [7, 11) is 0. The van der Waals surface area contributed by atoms with E-state index in [0.717, 1.165) is 35.2 Å².